The molecular formula is C79H129FN12O14. The van der Waals surface area contributed by atoms with Gasteiger partial charge in [-0.05, 0) is 132 Å². The second-order valence-corrected chi connectivity index (χ2v) is 33.0. The molecule has 0 aromatic heterocycles. The Hall–Kier alpha value is -6.77. The maximum Gasteiger partial charge on any atom is 0.248 e. The molecule has 8 aliphatic rings. The van der Waals surface area contributed by atoms with Gasteiger partial charge in [0.25, 0.3) is 0 Å². The fraction of sp³-hybridized carbons (Fsp3) is 0.823. The molecule has 26 nitrogen and oxygen atoms in total. The van der Waals surface area contributed by atoms with Crippen molar-refractivity contribution < 1.29 is 71.4 Å². The summed E-state index contributed by atoms with van der Waals surface area (Å²) in [5, 5.41) is 9.07. The SMILES string of the molecule is CCO[C@@H]1C[C@H]2C(=O)NC3(CCC3)C(=O)N(C)[C@@H](C3CCCC3)C(=O)N(C)[C@H](C(=O)N(C)C)CC(=O)N(C)[C@@H](CC3CCCC3)C(=O)N[C@@H]([C@@H](C)CC)C(=O)N(C)CC(=O)N(C)[C@H]3C/C=C\CCN(C3=O)[C@@H](CC3CCC(C)CC3)C(=O)N(C)CC(=O)N[C@@H](CCC3CC(F)C(CC)C(OC)C3)C(=O)N2C1. The summed E-state index contributed by atoms with van der Waals surface area (Å²) in [4.78, 5) is 195. The first kappa shape index (κ1) is 84.8. The second kappa shape index (κ2) is 38.5. The van der Waals surface area contributed by atoms with Crippen LogP contribution in [-0.2, 0) is 67.0 Å². The first-order valence-corrected chi connectivity index (χ1v) is 40.1. The lowest BCUT2D eigenvalue weighted by molar-refractivity contribution is -0.158. The maximum absolute atomic E-state index is 16.1. The molecule has 5 aliphatic carbocycles. The highest BCUT2D eigenvalue weighted by atomic mass is 19.1. The van der Waals surface area contributed by atoms with Gasteiger partial charge in [-0.2, -0.15) is 0 Å². The number of carbonyl (C=O) groups is 12. The number of likely N-dealkylation sites (N-methyl/N-ethyl adjacent to an activating group) is 7. The summed E-state index contributed by atoms with van der Waals surface area (Å²) < 4.78 is 28.0. The average Bonchev–Trinajstić information content (AvgIpc) is 1.20. The standard InChI is InChI=1S/C79H129FN12O14/c1-15-50(5)68-76(102)86(9)48-67(95)87(10)59-30-19-18-24-39-91(75(59)101)63(42-52-33-31-49(4)32-34-52)74(100)85(8)47-65(93)81-58(36-35-53-40-57(80)56(16-2)64(43-53)105-14)72(98)92-46-55(106-17-3)44-61(92)71(97)83-79(37-25-38-79)78(104)90(13)69(54-28-22-23-29-54)77(103)89(12)62(73(99)84(6)7)45-66(94)88(11)60(70(96)82-68)41-51-26-20-21-27-51/h18-19,49-64,68-69H,15-17,20-48H2,1-14H3,(H,81,93)(H,82,96)(H,83,97)/b19-18-/t49?,50-,52?,53?,55+,56?,57?,58-,59-,60-,61-,62-,63-,64?,68-,69-/m0/s1. The van der Waals surface area contributed by atoms with E-state index in [0.717, 1.165) is 64.2 Å². The summed E-state index contributed by atoms with van der Waals surface area (Å²) in [7, 11) is 13.5. The molecule has 4 unspecified atom stereocenters. The van der Waals surface area contributed by atoms with Crippen LogP contribution in [0.5, 0.6) is 0 Å². The topological polar surface area (TPSA) is 289 Å². The van der Waals surface area contributed by atoms with Crippen molar-refractivity contribution in [1.29, 1.82) is 0 Å². The minimum atomic E-state index is -1.53. The van der Waals surface area contributed by atoms with E-state index < -0.39 is 162 Å². The molecule has 7 fully saturated rings. The molecule has 2 saturated heterocycles. The van der Waals surface area contributed by atoms with Crippen molar-refractivity contribution in [2.45, 2.75) is 280 Å². The van der Waals surface area contributed by atoms with Crippen molar-refractivity contribution >= 4 is 70.9 Å². The van der Waals surface area contributed by atoms with E-state index in [1.165, 1.54) is 100 Å². The summed E-state index contributed by atoms with van der Waals surface area (Å²) in [5.74, 6) is -8.01. The first-order chi connectivity index (χ1) is 50.4. The number of rotatable bonds is 15. The van der Waals surface area contributed by atoms with Gasteiger partial charge in [0.05, 0.1) is 31.7 Å². The average molecular weight is 1490 g/mol. The Bertz CT molecular complexity index is 3110. The maximum atomic E-state index is 16.1. The normalized spacial score (nSPS) is 32.9. The Morgan fingerprint density at radius 3 is 1.91 bits per heavy atom. The minimum absolute atomic E-state index is 0.0210. The van der Waals surface area contributed by atoms with Gasteiger partial charge in [0.2, 0.25) is 70.9 Å². The number of carbonyl (C=O) groups excluding carboxylic acids is 12. The van der Waals surface area contributed by atoms with Gasteiger partial charge >= 0.3 is 0 Å². The summed E-state index contributed by atoms with van der Waals surface area (Å²) in [6.45, 7) is 8.84. The Morgan fingerprint density at radius 1 is 0.651 bits per heavy atom. The number of amides is 12. The number of fused-ring (bicyclic) bond motifs is 3. The Labute approximate surface area is 629 Å². The van der Waals surface area contributed by atoms with Gasteiger partial charge in [-0.25, -0.2) is 4.39 Å². The molecular weight excluding hydrogens is 1360 g/mol. The van der Waals surface area contributed by atoms with Crippen LogP contribution in [0.15, 0.2) is 12.2 Å². The molecule has 0 aromatic carbocycles. The molecule has 3 aliphatic heterocycles. The number of nitrogens with one attached hydrogen (secondary N) is 3. The van der Waals surface area contributed by atoms with Crippen LogP contribution < -0.4 is 16.0 Å². The van der Waals surface area contributed by atoms with Crippen molar-refractivity contribution in [1.82, 2.24) is 60.0 Å². The zero-order valence-corrected chi connectivity index (χ0v) is 66.3. The van der Waals surface area contributed by atoms with Crippen LogP contribution in [0.2, 0.25) is 0 Å². The van der Waals surface area contributed by atoms with Crippen LogP contribution in [0.25, 0.3) is 0 Å². The van der Waals surface area contributed by atoms with Crippen molar-refractivity contribution in [3.8, 4) is 0 Å². The lowest BCUT2D eigenvalue weighted by atomic mass is 9.74. The molecule has 14 atom stereocenters. The first-order valence-electron chi connectivity index (χ1n) is 40.1. The van der Waals surface area contributed by atoms with E-state index in [2.05, 4.69) is 22.9 Å². The van der Waals surface area contributed by atoms with E-state index in [4.69, 9.17) is 9.47 Å². The third-order valence-electron chi connectivity index (χ3n) is 25.6. The van der Waals surface area contributed by atoms with E-state index in [0.29, 0.717) is 50.9 Å². The second-order valence-electron chi connectivity index (χ2n) is 33.0. The van der Waals surface area contributed by atoms with Crippen molar-refractivity contribution in [3.05, 3.63) is 12.2 Å². The molecule has 8 rings (SSSR count). The van der Waals surface area contributed by atoms with Crippen molar-refractivity contribution in [2.24, 2.45) is 41.4 Å². The number of methoxy groups -OCH3 is 1. The zero-order valence-electron chi connectivity index (χ0n) is 66.3. The van der Waals surface area contributed by atoms with E-state index in [1.54, 1.807) is 14.0 Å². The molecule has 0 aromatic rings. The molecule has 2 bridgehead atoms. The van der Waals surface area contributed by atoms with Crippen molar-refractivity contribution in [3.63, 3.8) is 0 Å². The van der Waals surface area contributed by atoms with Gasteiger partial charge in [0.1, 0.15) is 60.0 Å². The van der Waals surface area contributed by atoms with Gasteiger partial charge in [0.15, 0.2) is 0 Å². The minimum Gasteiger partial charge on any atom is -0.381 e. The molecule has 3 N–H and O–H groups in total. The largest absolute Gasteiger partial charge is 0.381 e. The number of nitrogens with zero attached hydrogens (tertiary/aromatic N) is 9. The van der Waals surface area contributed by atoms with Crippen LogP contribution in [0.3, 0.4) is 0 Å². The fourth-order valence-electron chi connectivity index (χ4n) is 18.4. The van der Waals surface area contributed by atoms with Crippen LogP contribution in [-0.4, -0.2) is 284 Å². The summed E-state index contributed by atoms with van der Waals surface area (Å²) in [6.07, 6.45) is 14.5. The molecule has 12 amide bonds. The number of halogens is 1. The van der Waals surface area contributed by atoms with Gasteiger partial charge in [-0.15, -0.1) is 0 Å². The highest BCUT2D eigenvalue weighted by Crippen LogP contribution is 2.41. The van der Waals surface area contributed by atoms with Gasteiger partial charge in [-0.1, -0.05) is 110 Å². The quantitative estimate of drug-likeness (QED) is 0.162. The number of hydrogen-bond donors (Lipinski definition) is 3. The van der Waals surface area contributed by atoms with Gasteiger partial charge in [-0.3, -0.25) is 57.5 Å². The summed E-state index contributed by atoms with van der Waals surface area (Å²) >= 11 is 0. The number of hydrogen-bond acceptors (Lipinski definition) is 14. The molecule has 3 heterocycles. The van der Waals surface area contributed by atoms with Crippen LogP contribution in [0.4, 0.5) is 4.39 Å². The van der Waals surface area contributed by atoms with E-state index in [-0.39, 0.29) is 113 Å². The third-order valence-corrected chi connectivity index (χ3v) is 25.6. The molecule has 5 saturated carbocycles. The third kappa shape index (κ3) is 20.4. The Kier molecular flexibility index (Phi) is 30.8. The van der Waals surface area contributed by atoms with E-state index >= 15 is 42.7 Å². The lowest BCUT2D eigenvalue weighted by Gasteiger charge is -2.46. The van der Waals surface area contributed by atoms with Crippen molar-refractivity contribution in [2.75, 3.05) is 96.3 Å². The highest BCUT2D eigenvalue weighted by molar-refractivity contribution is 6.01. The monoisotopic (exact) mass is 1490 g/mol. The highest BCUT2D eigenvalue weighted by Gasteiger charge is 2.54. The molecule has 0 radical (unpaired) electrons. The number of alkyl halides is 1. The van der Waals surface area contributed by atoms with E-state index in [9.17, 15) is 19.2 Å². The smallest absolute Gasteiger partial charge is 0.248 e. The fourth-order valence-corrected chi connectivity index (χ4v) is 18.4. The van der Waals surface area contributed by atoms with Crippen LogP contribution in [0.1, 0.15) is 208 Å². The Morgan fingerprint density at radius 2 is 1.29 bits per heavy atom. The Balaban J connectivity index is 1.20. The summed E-state index contributed by atoms with van der Waals surface area (Å²) in [6, 6.07) is -9.62. The van der Waals surface area contributed by atoms with E-state index in [1.807, 2.05) is 32.9 Å². The summed E-state index contributed by atoms with van der Waals surface area (Å²) in [5.41, 5.74) is -1.53. The molecule has 106 heavy (non-hydrogen) atoms. The molecule has 596 valence electrons. The molecule has 27 heteroatoms. The predicted molar refractivity (Wildman–Crippen MR) is 398 cm³/mol. The number of ether oxygens (including phenoxy) is 2. The predicted octanol–water partition coefficient (Wildman–Crippen LogP) is 5.87. The zero-order chi connectivity index (χ0) is 77.6. The molecule has 1 spiro atoms. The van der Waals surface area contributed by atoms with Crippen LogP contribution in [0, 0.1) is 41.4 Å². The van der Waals surface area contributed by atoms with Gasteiger partial charge < -0.3 is 69.5 Å². The van der Waals surface area contributed by atoms with Crippen LogP contribution >= 0.6 is 0 Å². The van der Waals surface area contributed by atoms with Gasteiger partial charge in [0, 0.05) is 95.5 Å². The lowest BCUT2D eigenvalue weighted by Crippen LogP contribution is -2.68.